The molecule has 0 aliphatic rings. The molecule has 2 rings (SSSR count). The highest BCUT2D eigenvalue weighted by atomic mass is 19.4. The van der Waals surface area contributed by atoms with E-state index in [0.717, 1.165) is 4.68 Å². The number of benzene rings is 1. The number of alkyl halides is 9. The number of hydrogen-bond donors (Lipinski definition) is 1. The third kappa shape index (κ3) is 5.33. The summed E-state index contributed by atoms with van der Waals surface area (Å²) >= 11 is 0. The van der Waals surface area contributed by atoms with Crippen molar-refractivity contribution in [1.82, 2.24) is 4.98 Å². The third-order valence-corrected chi connectivity index (χ3v) is 3.91. The van der Waals surface area contributed by atoms with Crippen molar-refractivity contribution >= 4 is 12.1 Å². The van der Waals surface area contributed by atoms with E-state index >= 15 is 0 Å². The van der Waals surface area contributed by atoms with Crippen LogP contribution in [0, 0.1) is 11.6 Å². The molecule has 34 heavy (non-hydrogen) atoms. The van der Waals surface area contributed by atoms with Crippen LogP contribution in [0.5, 0.6) is 0 Å². The van der Waals surface area contributed by atoms with Crippen molar-refractivity contribution in [3.63, 3.8) is 0 Å². The second kappa shape index (κ2) is 9.38. The molecule has 0 aliphatic carbocycles. The highest BCUT2D eigenvalue weighted by molar-refractivity contribution is 5.99. The lowest BCUT2D eigenvalue weighted by Gasteiger charge is -2.32. The van der Waals surface area contributed by atoms with E-state index in [-0.39, 0.29) is 6.21 Å². The van der Waals surface area contributed by atoms with Crippen molar-refractivity contribution in [2.75, 3.05) is 12.0 Å². The van der Waals surface area contributed by atoms with Crippen LogP contribution in [-0.2, 0) is 4.84 Å². The van der Waals surface area contributed by atoms with E-state index in [2.05, 4.69) is 20.4 Å². The first kappa shape index (κ1) is 26.7. The topological polar surface area (TPSA) is 67.5 Å². The third-order valence-electron chi connectivity index (χ3n) is 3.91. The monoisotopic (exact) mass is 511 g/mol. The molecule has 1 amide bonds. The molecule has 1 heterocycles. The summed E-state index contributed by atoms with van der Waals surface area (Å²) in [6, 6.07) is 0.933. The maximum absolute atomic E-state index is 14.1. The maximum atomic E-state index is 14.1. The van der Waals surface area contributed by atoms with Crippen molar-refractivity contribution in [2.45, 2.75) is 23.9 Å². The number of aromatic nitrogens is 2. The Labute approximate surface area is 181 Å². The van der Waals surface area contributed by atoms with Gasteiger partial charge in [-0.25, -0.2) is 8.78 Å². The zero-order valence-electron chi connectivity index (χ0n) is 16.1. The summed E-state index contributed by atoms with van der Waals surface area (Å²) in [6.45, 7) is -2.80. The van der Waals surface area contributed by atoms with Crippen LogP contribution in [0.15, 0.2) is 42.1 Å². The van der Waals surface area contributed by atoms with Crippen LogP contribution in [0.4, 0.5) is 48.3 Å². The molecule has 6 nitrogen and oxygen atoms in total. The largest absolute Gasteiger partial charge is 0.460 e. The summed E-state index contributed by atoms with van der Waals surface area (Å²) in [4.78, 5) is 19.2. The number of nitrogens with one attached hydrogen (secondary N) is 1. The summed E-state index contributed by atoms with van der Waals surface area (Å²) in [6.07, 6.45) is -1.92. The average Bonchev–Trinajstić information content (AvgIpc) is 2.72. The second-order valence-corrected chi connectivity index (χ2v) is 6.31. The predicted octanol–water partition coefficient (Wildman–Crippen LogP) is 3.85. The molecular formula is C17H10F11N4O2+. The summed E-state index contributed by atoms with van der Waals surface area (Å²) in [7, 11) is 0. The number of nitrogens with zero attached hydrogens (tertiary/aromatic N) is 3. The van der Waals surface area contributed by atoms with Gasteiger partial charge in [-0.1, -0.05) is 9.83 Å². The number of hydrogen-bond acceptors (Lipinski definition) is 4. The van der Waals surface area contributed by atoms with Gasteiger partial charge in [0.15, 0.2) is 6.61 Å². The first-order chi connectivity index (χ1) is 15.5. The van der Waals surface area contributed by atoms with Crippen molar-refractivity contribution in [3.05, 3.63) is 59.7 Å². The van der Waals surface area contributed by atoms with Crippen LogP contribution in [0.2, 0.25) is 0 Å². The normalized spacial score (nSPS) is 13.3. The van der Waals surface area contributed by atoms with Gasteiger partial charge >= 0.3 is 29.9 Å². The minimum atomic E-state index is -7.13. The van der Waals surface area contributed by atoms with Gasteiger partial charge in [0.2, 0.25) is 12.4 Å². The number of halogens is 11. The van der Waals surface area contributed by atoms with Gasteiger partial charge in [0.05, 0.1) is 29.7 Å². The molecule has 0 saturated heterocycles. The molecule has 0 bridgehead atoms. The van der Waals surface area contributed by atoms with Crippen molar-refractivity contribution < 1.29 is 62.6 Å². The SMILES string of the molecule is O=C(N[n+]1ccncc1)c1cc(F)c(/C=N/OCC(F)(F)C(F)(F)C(F)(F)C(F)(F)F)c(F)c1. The lowest BCUT2D eigenvalue weighted by molar-refractivity contribution is -0.641. The molecule has 2 aromatic rings. The molecular weight excluding hydrogens is 501 g/mol. The number of rotatable bonds is 8. The standard InChI is InChI=1S/C17H9F11N4O2/c18-11-5-9(13(33)31-32-3-1-29-2-4-32)6-12(19)10(11)7-30-34-8-14(20,21)15(22,23)16(24,25)17(26,27)28/h1-7H,8H2/p+1/b30-7+. The summed E-state index contributed by atoms with van der Waals surface area (Å²) in [5.74, 6) is -24.2. The van der Waals surface area contributed by atoms with Gasteiger partial charge in [0.25, 0.3) is 0 Å². The molecule has 17 heteroatoms. The fraction of sp³-hybridized carbons (Fsp3) is 0.294. The van der Waals surface area contributed by atoms with Crippen LogP contribution in [0.1, 0.15) is 15.9 Å². The van der Waals surface area contributed by atoms with Crippen molar-refractivity contribution in [1.29, 1.82) is 0 Å². The van der Waals surface area contributed by atoms with Gasteiger partial charge in [-0.05, 0) is 12.1 Å². The maximum Gasteiger partial charge on any atom is 0.460 e. The van der Waals surface area contributed by atoms with Gasteiger partial charge in [0.1, 0.15) is 11.6 Å². The Morgan fingerprint density at radius 1 is 0.971 bits per heavy atom. The molecule has 1 N–H and O–H groups in total. The summed E-state index contributed by atoms with van der Waals surface area (Å²) in [5.41, 5.74) is 0.481. The predicted molar refractivity (Wildman–Crippen MR) is 88.9 cm³/mol. The van der Waals surface area contributed by atoms with E-state index in [1.54, 1.807) is 0 Å². The lowest BCUT2D eigenvalue weighted by atomic mass is 10.1. The zero-order chi connectivity index (χ0) is 25.9. The van der Waals surface area contributed by atoms with Crippen LogP contribution in [0.3, 0.4) is 0 Å². The van der Waals surface area contributed by atoms with Gasteiger partial charge in [-0.15, -0.1) is 5.43 Å². The molecule has 1 aromatic carbocycles. The Morgan fingerprint density at radius 3 is 2.00 bits per heavy atom. The second-order valence-electron chi connectivity index (χ2n) is 6.31. The van der Waals surface area contributed by atoms with E-state index in [0.29, 0.717) is 12.1 Å². The Morgan fingerprint density at radius 2 is 1.50 bits per heavy atom. The zero-order valence-corrected chi connectivity index (χ0v) is 16.1. The fourth-order valence-electron chi connectivity index (χ4n) is 2.12. The van der Waals surface area contributed by atoms with Gasteiger partial charge < -0.3 is 4.84 Å². The van der Waals surface area contributed by atoms with E-state index < -0.39 is 59.2 Å². The van der Waals surface area contributed by atoms with Gasteiger partial charge in [-0.3, -0.25) is 9.78 Å². The number of amides is 1. The summed E-state index contributed by atoms with van der Waals surface area (Å²) < 4.78 is 144. The molecule has 0 fully saturated rings. The van der Waals surface area contributed by atoms with Gasteiger partial charge in [-0.2, -0.15) is 39.5 Å². The molecule has 1 aromatic heterocycles. The fourth-order valence-corrected chi connectivity index (χ4v) is 2.12. The highest BCUT2D eigenvalue weighted by Crippen LogP contribution is 2.53. The van der Waals surface area contributed by atoms with Crippen LogP contribution < -0.4 is 10.1 Å². The minimum absolute atomic E-state index is 0.0140. The van der Waals surface area contributed by atoms with Crippen LogP contribution in [0.25, 0.3) is 0 Å². The van der Waals surface area contributed by atoms with E-state index in [1.165, 1.54) is 24.8 Å². The quantitative estimate of drug-likeness (QED) is 0.254. The molecule has 0 aliphatic heterocycles. The van der Waals surface area contributed by atoms with E-state index in [4.69, 9.17) is 0 Å². The molecule has 0 saturated carbocycles. The minimum Gasteiger partial charge on any atom is -0.389 e. The Bertz CT molecular complexity index is 1040. The first-order valence-corrected chi connectivity index (χ1v) is 8.48. The van der Waals surface area contributed by atoms with Crippen LogP contribution >= 0.6 is 0 Å². The van der Waals surface area contributed by atoms with Crippen molar-refractivity contribution in [2.24, 2.45) is 5.16 Å². The number of carbonyl (C=O) groups is 1. The van der Waals surface area contributed by atoms with E-state index in [9.17, 15) is 53.1 Å². The van der Waals surface area contributed by atoms with Gasteiger partial charge in [0, 0.05) is 0 Å². The lowest BCUT2D eigenvalue weighted by Crippen LogP contribution is -2.62. The molecule has 0 atom stereocenters. The number of oxime groups is 1. The van der Waals surface area contributed by atoms with Crippen LogP contribution in [-0.4, -0.2) is 47.7 Å². The molecule has 0 spiro atoms. The van der Waals surface area contributed by atoms with E-state index in [1.807, 2.05) is 0 Å². The molecule has 186 valence electrons. The number of carbonyl (C=O) groups excluding carboxylic acids is 1. The Hall–Kier alpha value is -3.53. The Balaban J connectivity index is 2.12. The molecule has 0 radical (unpaired) electrons. The summed E-state index contributed by atoms with van der Waals surface area (Å²) in [5, 5.41) is 2.49. The van der Waals surface area contributed by atoms with Crippen molar-refractivity contribution in [3.8, 4) is 0 Å². The Kier molecular flexibility index (Phi) is 7.37. The first-order valence-electron chi connectivity index (χ1n) is 8.48. The average molecular weight is 511 g/mol. The highest BCUT2D eigenvalue weighted by Gasteiger charge is 2.82. The molecule has 0 unspecified atom stereocenters. The smallest absolute Gasteiger partial charge is 0.389 e.